The lowest BCUT2D eigenvalue weighted by molar-refractivity contribution is -0.570. The number of aliphatic hydroxyl groups excluding tert-OH is 1. The zero-order valence-corrected chi connectivity index (χ0v) is 20.1. The van der Waals surface area contributed by atoms with Gasteiger partial charge in [0.05, 0.1) is 6.10 Å². The van der Waals surface area contributed by atoms with E-state index in [4.69, 9.17) is 14.2 Å². The lowest BCUT2D eigenvalue weighted by Gasteiger charge is -2.63. The molecule has 178 valence electrons. The third-order valence-electron chi connectivity index (χ3n) is 9.95. The van der Waals surface area contributed by atoms with Gasteiger partial charge in [-0.25, -0.2) is 0 Å². The van der Waals surface area contributed by atoms with Crippen molar-refractivity contribution >= 4 is 11.6 Å². The molecule has 1 aliphatic heterocycles. The molecule has 6 nitrogen and oxygen atoms in total. The summed E-state index contributed by atoms with van der Waals surface area (Å²) in [4.78, 5) is 25.5. The zero-order valence-electron chi connectivity index (χ0n) is 20.1. The normalized spacial score (nSPS) is 52.0. The summed E-state index contributed by atoms with van der Waals surface area (Å²) in [5, 5.41) is 11.6. The first-order valence-corrected chi connectivity index (χ1v) is 12.4. The van der Waals surface area contributed by atoms with Crippen LogP contribution in [-0.2, 0) is 23.8 Å². The van der Waals surface area contributed by atoms with Gasteiger partial charge in [-0.15, -0.1) is 0 Å². The van der Waals surface area contributed by atoms with Gasteiger partial charge in [0.25, 0.3) is 5.97 Å². The molecule has 1 saturated heterocycles. The molecular formula is C26H38O6. The number of hydrogen-bond donors (Lipinski definition) is 1. The van der Waals surface area contributed by atoms with Gasteiger partial charge in [-0.3, -0.25) is 19.1 Å². The van der Waals surface area contributed by atoms with Gasteiger partial charge >= 0.3 is 0 Å². The number of ether oxygens (including phenoxy) is 3. The minimum absolute atomic E-state index is 0.0344. The maximum absolute atomic E-state index is 13.1. The number of Topliss-reactive ketones (excluding diaryl/α,β-unsaturated/α-hetero) is 1. The lowest BCUT2D eigenvalue weighted by atomic mass is 9.45. The van der Waals surface area contributed by atoms with Gasteiger partial charge in [-0.05, 0) is 80.1 Å². The number of rotatable bonds is 4. The second-order valence-corrected chi connectivity index (χ2v) is 11.6. The van der Waals surface area contributed by atoms with Gasteiger partial charge in [0.2, 0.25) is 11.6 Å². The van der Waals surface area contributed by atoms with E-state index in [1.807, 2.05) is 6.92 Å². The molecule has 0 unspecified atom stereocenters. The van der Waals surface area contributed by atoms with E-state index >= 15 is 0 Å². The number of fused-ring (bicyclic) bond motifs is 5. The number of ketones is 2. The average molecular weight is 447 g/mol. The third-order valence-corrected chi connectivity index (χ3v) is 9.95. The Morgan fingerprint density at radius 1 is 1.25 bits per heavy atom. The Bertz CT molecular complexity index is 856. The van der Waals surface area contributed by atoms with Crippen LogP contribution >= 0.6 is 0 Å². The minimum Gasteiger partial charge on any atom is -0.393 e. The molecule has 1 heterocycles. The van der Waals surface area contributed by atoms with Gasteiger partial charge in [-0.2, -0.15) is 0 Å². The van der Waals surface area contributed by atoms with Crippen molar-refractivity contribution in [2.75, 3.05) is 7.11 Å². The fourth-order valence-electron chi connectivity index (χ4n) is 8.72. The Morgan fingerprint density at radius 3 is 2.59 bits per heavy atom. The molecule has 5 aliphatic rings. The number of allylic oxidation sites excluding steroid dienone is 1. The van der Waals surface area contributed by atoms with Crippen LogP contribution in [0.25, 0.3) is 0 Å². The van der Waals surface area contributed by atoms with Crippen molar-refractivity contribution < 1.29 is 28.9 Å². The molecule has 1 N–H and O–H groups in total. The maximum atomic E-state index is 13.1. The first-order valence-electron chi connectivity index (χ1n) is 12.4. The predicted octanol–water partition coefficient (Wildman–Crippen LogP) is 4.15. The standard InChI is InChI=1S/C26H38O6/c1-6-11-26(30-5)31-25(32-26)14-24(4)16(12-21(25)29)7-8-17-19-10-9-18(15(2)27)23(19,3)13-20(28)22(17)24/h12,17-20,22,28H,6-11,13-14H2,1-5H3/t17-,18+,19-,20-,22+,23+,24-,25?,26?/m0/s1. The highest BCUT2D eigenvalue weighted by molar-refractivity contribution is 5.98. The second kappa shape index (κ2) is 7.21. The molecule has 0 aromatic carbocycles. The summed E-state index contributed by atoms with van der Waals surface area (Å²) in [6.45, 7) is 8.15. The van der Waals surface area contributed by atoms with Crippen molar-refractivity contribution in [2.45, 2.75) is 96.9 Å². The van der Waals surface area contributed by atoms with Gasteiger partial charge in [0.15, 0.2) is 0 Å². The number of hydrogen-bond acceptors (Lipinski definition) is 6. The van der Waals surface area contributed by atoms with Crippen molar-refractivity contribution in [2.24, 2.45) is 34.5 Å². The van der Waals surface area contributed by atoms with Gasteiger partial charge < -0.3 is 9.84 Å². The van der Waals surface area contributed by atoms with E-state index in [0.29, 0.717) is 31.1 Å². The molecule has 6 heteroatoms. The first kappa shape index (κ1) is 22.7. The van der Waals surface area contributed by atoms with Crippen molar-refractivity contribution in [3.8, 4) is 0 Å². The van der Waals surface area contributed by atoms with Crippen LogP contribution < -0.4 is 0 Å². The van der Waals surface area contributed by atoms with Crippen LogP contribution in [0.5, 0.6) is 0 Å². The van der Waals surface area contributed by atoms with E-state index < -0.39 is 17.9 Å². The van der Waals surface area contributed by atoms with Gasteiger partial charge in [0, 0.05) is 25.9 Å². The second-order valence-electron chi connectivity index (χ2n) is 11.6. The number of carbonyl (C=O) groups excluding carboxylic acids is 2. The number of aliphatic hydroxyl groups is 1. The van der Waals surface area contributed by atoms with Crippen molar-refractivity contribution in [3.63, 3.8) is 0 Å². The summed E-state index contributed by atoms with van der Waals surface area (Å²) in [5.41, 5.74) is 0.607. The SMILES string of the molecule is CCCC1(OC)OC2(C[C@@]3(C)C(=CC2=O)CC[C@@H]2[C@@H]3[C@@H](O)C[C@]3(C)[C@@H](C(C)=O)CC[C@@H]23)O1. The first-order chi connectivity index (χ1) is 15.0. The monoisotopic (exact) mass is 446 g/mol. The molecule has 4 fully saturated rings. The van der Waals surface area contributed by atoms with Crippen LogP contribution in [0.15, 0.2) is 11.6 Å². The highest BCUT2D eigenvalue weighted by Crippen LogP contribution is 2.68. The lowest BCUT2D eigenvalue weighted by Crippen LogP contribution is -2.71. The molecule has 5 rings (SSSR count). The number of methoxy groups -OCH3 is 1. The zero-order chi connectivity index (χ0) is 23.1. The molecule has 7 atom stereocenters. The van der Waals surface area contributed by atoms with Crippen molar-refractivity contribution in [1.82, 2.24) is 0 Å². The van der Waals surface area contributed by atoms with Gasteiger partial charge in [-0.1, -0.05) is 26.3 Å². The molecule has 0 aromatic rings. The summed E-state index contributed by atoms with van der Waals surface area (Å²) in [6, 6.07) is 0. The number of carbonyl (C=O) groups is 2. The van der Waals surface area contributed by atoms with Crippen molar-refractivity contribution in [3.05, 3.63) is 11.6 Å². The molecule has 0 amide bonds. The highest BCUT2D eigenvalue weighted by Gasteiger charge is 2.70. The van der Waals surface area contributed by atoms with E-state index in [1.54, 1.807) is 20.1 Å². The fourth-order valence-corrected chi connectivity index (χ4v) is 8.72. The summed E-state index contributed by atoms with van der Waals surface area (Å²) in [6.07, 6.45) is 7.45. The maximum Gasteiger partial charge on any atom is 0.288 e. The summed E-state index contributed by atoms with van der Waals surface area (Å²) >= 11 is 0. The van der Waals surface area contributed by atoms with Crippen molar-refractivity contribution in [1.29, 1.82) is 0 Å². The molecule has 0 aromatic heterocycles. The third kappa shape index (κ3) is 2.85. The van der Waals surface area contributed by atoms with E-state index in [0.717, 1.165) is 37.7 Å². The Morgan fingerprint density at radius 2 is 1.97 bits per heavy atom. The Hall–Kier alpha value is -1.08. The Kier molecular flexibility index (Phi) is 5.11. The van der Waals surface area contributed by atoms with Gasteiger partial charge in [0.1, 0.15) is 5.78 Å². The van der Waals surface area contributed by atoms with E-state index in [1.165, 1.54) is 0 Å². The molecule has 4 aliphatic carbocycles. The summed E-state index contributed by atoms with van der Waals surface area (Å²) < 4.78 is 17.8. The molecule has 3 saturated carbocycles. The largest absolute Gasteiger partial charge is 0.393 e. The fraction of sp³-hybridized carbons (Fsp3) is 0.846. The Balaban J connectivity index is 1.47. The van der Waals surface area contributed by atoms with Crippen LogP contribution in [0.4, 0.5) is 0 Å². The van der Waals surface area contributed by atoms with E-state index in [2.05, 4.69) is 13.8 Å². The minimum atomic E-state index is -1.32. The summed E-state index contributed by atoms with van der Waals surface area (Å²) in [5.74, 6) is -1.50. The highest BCUT2D eigenvalue weighted by atomic mass is 17.0. The van der Waals surface area contributed by atoms with E-state index in [9.17, 15) is 14.7 Å². The van der Waals surface area contributed by atoms with Crippen LogP contribution in [0.3, 0.4) is 0 Å². The molecule has 0 radical (unpaired) electrons. The summed E-state index contributed by atoms with van der Waals surface area (Å²) in [7, 11) is 1.55. The van der Waals surface area contributed by atoms with Crippen LogP contribution in [-0.4, -0.2) is 41.6 Å². The molecule has 1 spiro atoms. The molecule has 32 heavy (non-hydrogen) atoms. The topological polar surface area (TPSA) is 82.1 Å². The molecule has 0 bridgehead atoms. The molecular weight excluding hydrogens is 408 g/mol. The predicted molar refractivity (Wildman–Crippen MR) is 117 cm³/mol. The quantitative estimate of drug-likeness (QED) is 0.699. The smallest absolute Gasteiger partial charge is 0.288 e. The van der Waals surface area contributed by atoms with Crippen LogP contribution in [0.2, 0.25) is 0 Å². The average Bonchev–Trinajstić information content (AvgIpc) is 3.04. The van der Waals surface area contributed by atoms with E-state index in [-0.39, 0.29) is 34.2 Å². The Labute approximate surface area is 191 Å². The van der Waals surface area contributed by atoms with Crippen LogP contribution in [0.1, 0.15) is 79.1 Å². The van der Waals surface area contributed by atoms with Crippen LogP contribution in [0, 0.1) is 34.5 Å².